The molecule has 0 unspecified atom stereocenters. The van der Waals surface area contributed by atoms with E-state index in [-0.39, 0.29) is 5.82 Å². The van der Waals surface area contributed by atoms with Crippen LogP contribution in [0.1, 0.15) is 11.1 Å². The van der Waals surface area contributed by atoms with E-state index in [2.05, 4.69) is 4.98 Å². The topological polar surface area (TPSA) is 12.9 Å². The Kier molecular flexibility index (Phi) is 2.88. The zero-order valence-electron chi connectivity index (χ0n) is 8.10. The molecule has 0 bridgehead atoms. The molecule has 1 nitrogen and oxygen atoms in total. The fraction of sp³-hybridized carbons (Fsp3) is 0. The molecule has 0 spiro atoms. The first-order chi connectivity index (χ1) is 7.34. The van der Waals surface area contributed by atoms with Gasteiger partial charge in [0.15, 0.2) is 0 Å². The lowest BCUT2D eigenvalue weighted by molar-refractivity contribution is 0.627. The summed E-state index contributed by atoms with van der Waals surface area (Å²) in [5, 5.41) is 0. The molecule has 0 aliphatic rings. The first-order valence-corrected chi connectivity index (χ1v) is 4.68. The van der Waals surface area contributed by atoms with Gasteiger partial charge in [-0.1, -0.05) is 30.4 Å². The van der Waals surface area contributed by atoms with Crippen LogP contribution in [0, 0.1) is 5.82 Å². The van der Waals surface area contributed by atoms with Gasteiger partial charge in [-0.25, -0.2) is 4.39 Å². The molecule has 1 heterocycles. The minimum atomic E-state index is -0.219. The Morgan fingerprint density at radius 1 is 1.00 bits per heavy atom. The van der Waals surface area contributed by atoms with Crippen molar-refractivity contribution < 1.29 is 4.39 Å². The van der Waals surface area contributed by atoms with Crippen LogP contribution < -0.4 is 0 Å². The molecule has 0 aliphatic heterocycles. The maximum Gasteiger partial charge on any atom is 0.123 e. The maximum absolute atomic E-state index is 12.8. The number of aromatic nitrogens is 1. The van der Waals surface area contributed by atoms with Gasteiger partial charge in [-0.15, -0.1) is 0 Å². The van der Waals surface area contributed by atoms with E-state index in [0.717, 1.165) is 11.1 Å². The van der Waals surface area contributed by atoms with Crippen molar-refractivity contribution in [1.82, 2.24) is 4.98 Å². The van der Waals surface area contributed by atoms with E-state index in [0.29, 0.717) is 0 Å². The first kappa shape index (κ1) is 9.59. The molecule has 0 saturated carbocycles. The van der Waals surface area contributed by atoms with E-state index < -0.39 is 0 Å². The average Bonchev–Trinajstić information content (AvgIpc) is 2.28. The van der Waals surface area contributed by atoms with Gasteiger partial charge in [0.1, 0.15) is 5.82 Å². The summed E-state index contributed by atoms with van der Waals surface area (Å²) in [6, 6.07) is 10.3. The maximum atomic E-state index is 12.8. The van der Waals surface area contributed by atoms with Gasteiger partial charge >= 0.3 is 0 Å². The molecule has 1 aromatic carbocycles. The van der Waals surface area contributed by atoms with Crippen molar-refractivity contribution in [2.45, 2.75) is 0 Å². The number of hydrogen-bond acceptors (Lipinski definition) is 1. The van der Waals surface area contributed by atoms with Gasteiger partial charge in [0.05, 0.1) is 0 Å². The molecular formula is C13H10FN. The van der Waals surface area contributed by atoms with Crippen molar-refractivity contribution in [3.8, 4) is 0 Å². The van der Waals surface area contributed by atoms with E-state index >= 15 is 0 Å². The largest absolute Gasteiger partial charge is 0.264 e. The number of rotatable bonds is 2. The van der Waals surface area contributed by atoms with Crippen molar-refractivity contribution in [1.29, 1.82) is 0 Å². The Hall–Kier alpha value is -1.96. The van der Waals surface area contributed by atoms with Crippen LogP contribution in [0.15, 0.2) is 48.8 Å². The standard InChI is InChI=1S/C13H10FN/c14-13-5-1-3-11(9-13)6-7-12-4-2-8-15-10-12/h1-10H/b7-6+. The van der Waals surface area contributed by atoms with Crippen molar-refractivity contribution in [2.75, 3.05) is 0 Å². The minimum Gasteiger partial charge on any atom is -0.264 e. The van der Waals surface area contributed by atoms with Crippen LogP contribution in [0.5, 0.6) is 0 Å². The van der Waals surface area contributed by atoms with Crippen LogP contribution in [0.25, 0.3) is 12.2 Å². The Morgan fingerprint density at radius 3 is 2.53 bits per heavy atom. The molecule has 2 aromatic rings. The third kappa shape index (κ3) is 2.74. The summed E-state index contributed by atoms with van der Waals surface area (Å²) in [5.41, 5.74) is 1.85. The van der Waals surface area contributed by atoms with E-state index in [9.17, 15) is 4.39 Å². The smallest absolute Gasteiger partial charge is 0.123 e. The lowest BCUT2D eigenvalue weighted by atomic mass is 10.1. The third-order valence-electron chi connectivity index (χ3n) is 2.00. The second kappa shape index (κ2) is 4.51. The molecule has 0 aliphatic carbocycles. The van der Waals surface area contributed by atoms with Crippen molar-refractivity contribution in [3.63, 3.8) is 0 Å². The molecule has 74 valence electrons. The Balaban J connectivity index is 2.19. The normalized spacial score (nSPS) is 10.7. The van der Waals surface area contributed by atoms with Crippen molar-refractivity contribution in [2.24, 2.45) is 0 Å². The summed E-state index contributed by atoms with van der Waals surface area (Å²) in [4.78, 5) is 3.99. The Labute approximate surface area is 87.9 Å². The predicted octanol–water partition coefficient (Wildman–Crippen LogP) is 3.39. The van der Waals surface area contributed by atoms with Crippen LogP contribution in [-0.2, 0) is 0 Å². The lowest BCUT2D eigenvalue weighted by Crippen LogP contribution is -1.76. The molecule has 0 atom stereocenters. The van der Waals surface area contributed by atoms with Crippen LogP contribution in [0.2, 0.25) is 0 Å². The molecule has 15 heavy (non-hydrogen) atoms. The molecule has 1 aromatic heterocycles. The summed E-state index contributed by atoms with van der Waals surface area (Å²) in [6.45, 7) is 0. The second-order valence-corrected chi connectivity index (χ2v) is 3.17. The fourth-order valence-electron chi connectivity index (χ4n) is 1.28. The minimum absolute atomic E-state index is 0.219. The molecular weight excluding hydrogens is 189 g/mol. The number of pyridine rings is 1. The second-order valence-electron chi connectivity index (χ2n) is 3.17. The van der Waals surface area contributed by atoms with Gasteiger partial charge in [0.25, 0.3) is 0 Å². The van der Waals surface area contributed by atoms with Crippen molar-refractivity contribution in [3.05, 3.63) is 65.7 Å². The monoisotopic (exact) mass is 199 g/mol. The number of nitrogens with zero attached hydrogens (tertiary/aromatic N) is 1. The lowest BCUT2D eigenvalue weighted by Gasteiger charge is -1.93. The van der Waals surface area contributed by atoms with E-state index in [1.54, 1.807) is 18.5 Å². The van der Waals surface area contributed by atoms with Gasteiger partial charge in [0.2, 0.25) is 0 Å². The highest BCUT2D eigenvalue weighted by molar-refractivity contribution is 5.68. The quantitative estimate of drug-likeness (QED) is 0.722. The van der Waals surface area contributed by atoms with Crippen LogP contribution in [0.3, 0.4) is 0 Å². The molecule has 0 fully saturated rings. The van der Waals surface area contributed by atoms with Crippen LogP contribution in [-0.4, -0.2) is 4.98 Å². The summed E-state index contributed by atoms with van der Waals surface area (Å²) in [5.74, 6) is -0.219. The highest BCUT2D eigenvalue weighted by Gasteiger charge is 1.90. The first-order valence-electron chi connectivity index (χ1n) is 4.68. The zero-order valence-corrected chi connectivity index (χ0v) is 8.10. The fourth-order valence-corrected chi connectivity index (χ4v) is 1.28. The van der Waals surface area contributed by atoms with Gasteiger partial charge in [-0.3, -0.25) is 4.98 Å². The zero-order chi connectivity index (χ0) is 10.5. The Morgan fingerprint density at radius 2 is 1.80 bits per heavy atom. The Bertz CT molecular complexity index is 463. The average molecular weight is 199 g/mol. The molecule has 0 N–H and O–H groups in total. The van der Waals surface area contributed by atoms with E-state index in [1.807, 2.05) is 30.4 Å². The summed E-state index contributed by atoms with van der Waals surface area (Å²) >= 11 is 0. The van der Waals surface area contributed by atoms with Gasteiger partial charge in [-0.2, -0.15) is 0 Å². The SMILES string of the molecule is Fc1cccc(/C=C/c2cccnc2)c1. The van der Waals surface area contributed by atoms with Crippen LogP contribution >= 0.6 is 0 Å². The predicted molar refractivity (Wildman–Crippen MR) is 59.6 cm³/mol. The van der Waals surface area contributed by atoms with Gasteiger partial charge in [-0.05, 0) is 29.3 Å². The molecule has 2 heteroatoms. The third-order valence-corrected chi connectivity index (χ3v) is 2.00. The molecule has 0 saturated heterocycles. The highest BCUT2D eigenvalue weighted by atomic mass is 19.1. The summed E-state index contributed by atoms with van der Waals surface area (Å²) < 4.78 is 12.8. The van der Waals surface area contributed by atoms with E-state index in [4.69, 9.17) is 0 Å². The molecule has 2 rings (SSSR count). The summed E-state index contributed by atoms with van der Waals surface area (Å²) in [6.07, 6.45) is 7.25. The molecule has 0 radical (unpaired) electrons. The molecule has 0 amide bonds. The van der Waals surface area contributed by atoms with Gasteiger partial charge in [0, 0.05) is 12.4 Å². The van der Waals surface area contributed by atoms with Crippen molar-refractivity contribution >= 4 is 12.2 Å². The summed E-state index contributed by atoms with van der Waals surface area (Å²) in [7, 11) is 0. The highest BCUT2D eigenvalue weighted by Crippen LogP contribution is 2.08. The number of hydrogen-bond donors (Lipinski definition) is 0. The van der Waals surface area contributed by atoms with E-state index in [1.165, 1.54) is 12.1 Å². The number of benzene rings is 1. The van der Waals surface area contributed by atoms with Crippen LogP contribution in [0.4, 0.5) is 4.39 Å². The number of halogens is 1. The van der Waals surface area contributed by atoms with Gasteiger partial charge < -0.3 is 0 Å².